The number of aromatic hydroxyl groups is 1. The Bertz CT molecular complexity index is 798. The van der Waals surface area contributed by atoms with Crippen molar-refractivity contribution in [2.75, 3.05) is 19.7 Å². The van der Waals surface area contributed by atoms with E-state index in [1.165, 1.54) is 6.07 Å². The summed E-state index contributed by atoms with van der Waals surface area (Å²) in [5, 5.41) is 20.5. The average molecular weight is 331 g/mol. The summed E-state index contributed by atoms with van der Waals surface area (Å²) >= 11 is 0. The van der Waals surface area contributed by atoms with Crippen LogP contribution in [-0.4, -0.2) is 34.8 Å². The maximum Gasteiger partial charge on any atom is 0.336 e. The molecule has 2 aromatic rings. The fraction of sp³-hybridized carbons (Fsp3) is 0.526. The number of likely N-dealkylation sites (tertiary alicyclic amines) is 1. The van der Waals surface area contributed by atoms with Crippen LogP contribution < -0.4 is 5.63 Å². The molecule has 2 heterocycles. The Labute approximate surface area is 141 Å². The minimum atomic E-state index is -0.400. The zero-order valence-corrected chi connectivity index (χ0v) is 14.3. The van der Waals surface area contributed by atoms with Crippen molar-refractivity contribution in [2.24, 2.45) is 5.41 Å². The third kappa shape index (κ3) is 3.32. The van der Waals surface area contributed by atoms with Gasteiger partial charge in [0.15, 0.2) is 0 Å². The van der Waals surface area contributed by atoms with Crippen molar-refractivity contribution in [2.45, 2.75) is 39.7 Å². The minimum absolute atomic E-state index is 0.0830. The van der Waals surface area contributed by atoms with Gasteiger partial charge in [0.1, 0.15) is 11.3 Å². The number of phenols is 1. The lowest BCUT2D eigenvalue weighted by Crippen LogP contribution is -2.43. The van der Waals surface area contributed by atoms with Crippen LogP contribution >= 0.6 is 0 Å². The molecule has 1 atom stereocenters. The van der Waals surface area contributed by atoms with Crippen LogP contribution in [0.4, 0.5) is 0 Å². The Hall–Kier alpha value is -1.85. The van der Waals surface area contributed by atoms with E-state index in [0.29, 0.717) is 18.5 Å². The molecule has 24 heavy (non-hydrogen) atoms. The molecular weight excluding hydrogens is 306 g/mol. The van der Waals surface area contributed by atoms with Crippen LogP contribution in [0.5, 0.6) is 5.75 Å². The van der Waals surface area contributed by atoms with Gasteiger partial charge in [-0.05, 0) is 43.0 Å². The number of piperidine rings is 1. The predicted octanol–water partition coefficient (Wildman–Crippen LogP) is 2.66. The number of phenolic OH excluding ortho intramolecular Hbond substituents is 1. The maximum absolute atomic E-state index is 11.9. The molecule has 1 aromatic carbocycles. The van der Waals surface area contributed by atoms with Gasteiger partial charge >= 0.3 is 5.63 Å². The van der Waals surface area contributed by atoms with E-state index in [1.807, 2.05) is 13.0 Å². The summed E-state index contributed by atoms with van der Waals surface area (Å²) < 4.78 is 5.26. The molecule has 2 N–H and O–H groups in total. The second-order valence-corrected chi connectivity index (χ2v) is 7.20. The van der Waals surface area contributed by atoms with Crippen molar-refractivity contribution in [1.82, 2.24) is 4.90 Å². The smallest absolute Gasteiger partial charge is 0.336 e. The number of aryl methyl sites for hydroxylation is 1. The van der Waals surface area contributed by atoms with Crippen LogP contribution in [0.3, 0.4) is 0 Å². The van der Waals surface area contributed by atoms with Gasteiger partial charge in [0.25, 0.3) is 0 Å². The van der Waals surface area contributed by atoms with Crippen LogP contribution in [-0.2, 0) is 13.0 Å². The van der Waals surface area contributed by atoms with Gasteiger partial charge in [-0.2, -0.15) is 0 Å². The molecule has 0 saturated carbocycles. The Morgan fingerprint density at radius 1 is 1.29 bits per heavy atom. The number of hydrogen-bond acceptors (Lipinski definition) is 5. The molecule has 0 amide bonds. The zero-order valence-electron chi connectivity index (χ0n) is 14.3. The van der Waals surface area contributed by atoms with Crippen molar-refractivity contribution in [3.8, 4) is 5.75 Å². The topological polar surface area (TPSA) is 73.9 Å². The normalized spacial score (nSPS) is 22.1. The van der Waals surface area contributed by atoms with Gasteiger partial charge in [-0.25, -0.2) is 4.79 Å². The lowest BCUT2D eigenvalue weighted by Gasteiger charge is -2.39. The van der Waals surface area contributed by atoms with Crippen molar-refractivity contribution in [3.63, 3.8) is 0 Å². The summed E-state index contributed by atoms with van der Waals surface area (Å²) in [6, 6.07) is 4.99. The molecule has 0 radical (unpaired) electrons. The van der Waals surface area contributed by atoms with Crippen LogP contribution in [0.25, 0.3) is 11.0 Å². The summed E-state index contributed by atoms with van der Waals surface area (Å²) in [5.74, 6) is 0.163. The van der Waals surface area contributed by atoms with Crippen molar-refractivity contribution in [1.29, 1.82) is 0 Å². The molecule has 0 spiro atoms. The predicted molar refractivity (Wildman–Crippen MR) is 93.2 cm³/mol. The second-order valence-electron chi connectivity index (χ2n) is 7.20. The molecular formula is C19H25NO4. The molecule has 1 aliphatic rings. The fourth-order valence-corrected chi connectivity index (χ4v) is 3.65. The lowest BCUT2D eigenvalue weighted by molar-refractivity contribution is 0.0430. The Balaban J connectivity index is 1.98. The third-order valence-electron chi connectivity index (χ3n) is 5.05. The van der Waals surface area contributed by atoms with Crippen LogP contribution in [0, 0.1) is 5.41 Å². The highest BCUT2D eigenvalue weighted by molar-refractivity contribution is 5.82. The van der Waals surface area contributed by atoms with Gasteiger partial charge in [0.05, 0.1) is 0 Å². The number of rotatable bonds is 4. The SMILES string of the molecule is CCc1cc2c(CN3CCCC(C)(CO)C3)cc(=O)oc2cc1O. The van der Waals surface area contributed by atoms with E-state index in [4.69, 9.17) is 4.42 Å². The monoisotopic (exact) mass is 331 g/mol. The molecule has 1 saturated heterocycles. The number of aliphatic hydroxyl groups excluding tert-OH is 1. The third-order valence-corrected chi connectivity index (χ3v) is 5.05. The van der Waals surface area contributed by atoms with Gasteiger partial charge in [0.2, 0.25) is 0 Å². The summed E-state index contributed by atoms with van der Waals surface area (Å²) in [6.45, 7) is 6.67. The largest absolute Gasteiger partial charge is 0.508 e. The lowest BCUT2D eigenvalue weighted by atomic mass is 9.82. The van der Waals surface area contributed by atoms with Crippen molar-refractivity contribution in [3.05, 3.63) is 39.7 Å². The molecule has 5 heteroatoms. The molecule has 1 aromatic heterocycles. The van der Waals surface area contributed by atoms with Gasteiger partial charge < -0.3 is 14.6 Å². The molecule has 1 unspecified atom stereocenters. The standard InChI is InChI=1S/C19H25NO4/c1-3-13-7-15-14(8-18(23)24-17(15)9-16(13)22)10-20-6-4-5-19(2,11-20)12-21/h7-9,21-22H,3-6,10-12H2,1-2H3. The van der Waals surface area contributed by atoms with Gasteiger partial charge in [-0.3, -0.25) is 4.90 Å². The van der Waals surface area contributed by atoms with Crippen molar-refractivity contribution >= 4 is 11.0 Å². The van der Waals surface area contributed by atoms with E-state index in [-0.39, 0.29) is 17.8 Å². The van der Waals surface area contributed by atoms with E-state index >= 15 is 0 Å². The minimum Gasteiger partial charge on any atom is -0.508 e. The fourth-order valence-electron chi connectivity index (χ4n) is 3.65. The van der Waals surface area contributed by atoms with Gasteiger partial charge in [-0.15, -0.1) is 0 Å². The van der Waals surface area contributed by atoms with Crippen molar-refractivity contribution < 1.29 is 14.6 Å². The molecule has 3 rings (SSSR count). The highest BCUT2D eigenvalue weighted by Crippen LogP contribution is 2.31. The summed E-state index contributed by atoms with van der Waals surface area (Å²) in [6.07, 6.45) is 2.77. The first-order valence-electron chi connectivity index (χ1n) is 8.56. The van der Waals surface area contributed by atoms with E-state index in [0.717, 1.165) is 42.4 Å². The number of fused-ring (bicyclic) bond motifs is 1. The Morgan fingerprint density at radius 2 is 2.08 bits per heavy atom. The van der Waals surface area contributed by atoms with Gasteiger partial charge in [0, 0.05) is 42.6 Å². The molecule has 0 bridgehead atoms. The van der Waals surface area contributed by atoms with Crippen LogP contribution in [0.15, 0.2) is 27.4 Å². The van der Waals surface area contributed by atoms with E-state index in [9.17, 15) is 15.0 Å². The number of aliphatic hydroxyl groups is 1. The number of nitrogens with zero attached hydrogens (tertiary/aromatic N) is 1. The second kappa shape index (κ2) is 6.57. The van der Waals surface area contributed by atoms with Gasteiger partial charge in [-0.1, -0.05) is 13.8 Å². The first-order chi connectivity index (χ1) is 11.4. The highest BCUT2D eigenvalue weighted by atomic mass is 16.4. The number of benzene rings is 1. The highest BCUT2D eigenvalue weighted by Gasteiger charge is 2.30. The first kappa shape index (κ1) is 17.0. The van der Waals surface area contributed by atoms with Crippen LogP contribution in [0.2, 0.25) is 0 Å². The first-order valence-corrected chi connectivity index (χ1v) is 8.56. The molecule has 130 valence electrons. The molecule has 5 nitrogen and oxygen atoms in total. The molecule has 0 aliphatic carbocycles. The summed E-state index contributed by atoms with van der Waals surface area (Å²) in [5.41, 5.74) is 1.70. The number of hydrogen-bond donors (Lipinski definition) is 2. The molecule has 1 fully saturated rings. The Morgan fingerprint density at radius 3 is 2.79 bits per heavy atom. The molecule has 1 aliphatic heterocycles. The van der Waals surface area contributed by atoms with E-state index in [1.54, 1.807) is 6.07 Å². The van der Waals surface area contributed by atoms with Crippen LogP contribution in [0.1, 0.15) is 37.8 Å². The Kier molecular flexibility index (Phi) is 4.65. The van der Waals surface area contributed by atoms with E-state index < -0.39 is 5.63 Å². The maximum atomic E-state index is 11.9. The summed E-state index contributed by atoms with van der Waals surface area (Å²) in [4.78, 5) is 14.2. The quantitative estimate of drug-likeness (QED) is 0.843. The average Bonchev–Trinajstić information content (AvgIpc) is 2.54. The zero-order chi connectivity index (χ0) is 17.3. The van der Waals surface area contributed by atoms with E-state index in [2.05, 4.69) is 11.8 Å². The summed E-state index contributed by atoms with van der Waals surface area (Å²) in [7, 11) is 0.